The smallest absolute Gasteiger partial charge is 0.339 e. The van der Waals surface area contributed by atoms with Gasteiger partial charge in [0.15, 0.2) is 0 Å². The fourth-order valence-electron chi connectivity index (χ4n) is 2.72. The summed E-state index contributed by atoms with van der Waals surface area (Å²) < 4.78 is 5.23. The number of methoxy groups -OCH3 is 1. The third kappa shape index (κ3) is 4.54. The van der Waals surface area contributed by atoms with E-state index in [0.29, 0.717) is 27.5 Å². The van der Waals surface area contributed by atoms with Gasteiger partial charge in [-0.3, -0.25) is 4.79 Å². The van der Waals surface area contributed by atoms with Gasteiger partial charge in [0.1, 0.15) is 16.3 Å². The normalized spacial score (nSPS) is 13.8. The lowest BCUT2D eigenvalue weighted by Gasteiger charge is -2.08. The second kappa shape index (κ2) is 9.40. The van der Waals surface area contributed by atoms with Crippen molar-refractivity contribution in [2.45, 2.75) is 11.8 Å². The molecule has 7 nitrogen and oxygen atoms in total. The Kier molecular flexibility index (Phi) is 6.88. The minimum atomic E-state index is -1.15. The Morgan fingerprint density at radius 1 is 1.37 bits per heavy atom. The van der Waals surface area contributed by atoms with Crippen molar-refractivity contribution in [1.82, 2.24) is 4.83 Å². The van der Waals surface area contributed by atoms with Crippen LogP contribution in [0, 0.1) is 0 Å². The zero-order valence-electron chi connectivity index (χ0n) is 16.0. The number of carbonyl (C=O) groups is 2. The van der Waals surface area contributed by atoms with Crippen molar-refractivity contribution in [3.8, 4) is 0 Å². The van der Waals surface area contributed by atoms with E-state index in [-0.39, 0.29) is 10.6 Å². The molecule has 1 amide bonds. The summed E-state index contributed by atoms with van der Waals surface area (Å²) >= 11 is 8.60. The molecular weight excluding hydrogens is 446 g/mol. The van der Waals surface area contributed by atoms with Crippen molar-refractivity contribution in [3.63, 3.8) is 0 Å². The number of aromatic carboxylic acids is 1. The van der Waals surface area contributed by atoms with Crippen LogP contribution in [0.4, 0.5) is 10.7 Å². The third-order valence-electron chi connectivity index (χ3n) is 4.23. The number of fused-ring (bicyclic) bond motifs is 1. The van der Waals surface area contributed by atoms with Gasteiger partial charge in [-0.15, -0.1) is 11.3 Å². The van der Waals surface area contributed by atoms with Gasteiger partial charge in [0.05, 0.1) is 17.8 Å². The highest BCUT2D eigenvalue weighted by atomic mass is 35.5. The molecule has 2 heterocycles. The van der Waals surface area contributed by atoms with Crippen LogP contribution in [0.5, 0.6) is 0 Å². The monoisotopic (exact) mass is 463 g/mol. The predicted molar refractivity (Wildman–Crippen MR) is 122 cm³/mol. The Morgan fingerprint density at radius 3 is 2.80 bits per heavy atom. The van der Waals surface area contributed by atoms with Crippen LogP contribution in [0.25, 0.3) is 5.57 Å². The first kappa shape index (κ1) is 22.0. The van der Waals surface area contributed by atoms with E-state index in [1.165, 1.54) is 25.1 Å². The standard InChI is InChI=1S/C20H18ClN3O4S2/c1-4-13(21)15(28-3)7-10(2)12-9-29-19(17(12)20(26)27)22-18(25)11-5-6-16-14(8-11)23-24-30-16/h4-9,23-24H,1H2,2-3H3,(H,22,25)(H,26,27)/b10-7+,15-13-. The molecule has 0 spiro atoms. The maximum absolute atomic E-state index is 12.7. The number of rotatable bonds is 7. The van der Waals surface area contributed by atoms with Gasteiger partial charge in [-0.2, -0.15) is 4.83 Å². The molecule has 3 rings (SSSR count). The van der Waals surface area contributed by atoms with Crippen molar-refractivity contribution in [1.29, 1.82) is 0 Å². The maximum Gasteiger partial charge on any atom is 0.339 e. The highest BCUT2D eigenvalue weighted by Crippen LogP contribution is 2.35. The quantitative estimate of drug-likeness (QED) is 0.250. The van der Waals surface area contributed by atoms with Crippen LogP contribution in [-0.2, 0) is 4.74 Å². The van der Waals surface area contributed by atoms with Gasteiger partial charge < -0.3 is 20.6 Å². The molecule has 2 aromatic rings. The summed E-state index contributed by atoms with van der Waals surface area (Å²) in [5.41, 5.74) is 5.22. The van der Waals surface area contributed by atoms with Gasteiger partial charge in [-0.1, -0.05) is 18.2 Å². The summed E-state index contributed by atoms with van der Waals surface area (Å²) in [6.07, 6.45) is 3.06. The van der Waals surface area contributed by atoms with Crippen molar-refractivity contribution in [3.05, 3.63) is 69.8 Å². The summed E-state index contributed by atoms with van der Waals surface area (Å²) in [4.78, 5) is 28.5. The van der Waals surface area contributed by atoms with Crippen molar-refractivity contribution in [2.24, 2.45) is 0 Å². The van der Waals surface area contributed by atoms with Crippen molar-refractivity contribution >= 4 is 63.0 Å². The van der Waals surface area contributed by atoms with Crippen LogP contribution >= 0.6 is 34.9 Å². The average Bonchev–Trinajstić information content (AvgIpc) is 3.37. The number of allylic oxidation sites excluding steroid dienone is 4. The molecule has 0 radical (unpaired) electrons. The molecule has 1 aliphatic rings. The topological polar surface area (TPSA) is 99.7 Å². The number of carboxylic acid groups (broad SMARTS) is 1. The Balaban J connectivity index is 1.92. The third-order valence-corrected chi connectivity index (χ3v) is 6.24. The Morgan fingerprint density at radius 2 is 2.13 bits per heavy atom. The first-order valence-corrected chi connectivity index (χ1v) is 10.7. The minimum Gasteiger partial charge on any atom is -0.495 e. The van der Waals surface area contributed by atoms with Gasteiger partial charge in [0, 0.05) is 21.4 Å². The number of hydrogen-bond donors (Lipinski definition) is 4. The molecule has 0 unspecified atom stereocenters. The number of benzene rings is 1. The minimum absolute atomic E-state index is 0.00351. The van der Waals surface area contributed by atoms with E-state index in [1.54, 1.807) is 30.5 Å². The van der Waals surface area contributed by atoms with Gasteiger partial charge >= 0.3 is 5.97 Å². The molecule has 0 bridgehead atoms. The Hall–Kier alpha value is -2.72. The van der Waals surface area contributed by atoms with Crippen molar-refractivity contribution < 1.29 is 19.4 Å². The van der Waals surface area contributed by atoms with Gasteiger partial charge in [-0.25, -0.2) is 4.79 Å². The molecule has 4 N–H and O–H groups in total. The largest absolute Gasteiger partial charge is 0.495 e. The molecule has 10 heteroatoms. The van der Waals surface area contributed by atoms with E-state index in [2.05, 4.69) is 22.2 Å². The average molecular weight is 464 g/mol. The molecule has 0 atom stereocenters. The Labute approximate surface area is 186 Å². The van der Waals surface area contributed by atoms with Crippen LogP contribution in [0.2, 0.25) is 0 Å². The van der Waals surface area contributed by atoms with E-state index < -0.39 is 11.9 Å². The molecule has 1 aromatic heterocycles. The summed E-state index contributed by atoms with van der Waals surface area (Å²) in [5.74, 6) is -1.20. The molecular formula is C20H18ClN3O4S2. The van der Waals surface area contributed by atoms with E-state index in [1.807, 2.05) is 6.07 Å². The van der Waals surface area contributed by atoms with Crippen LogP contribution in [0.15, 0.2) is 58.0 Å². The number of halogens is 1. The molecule has 0 saturated heterocycles. The van der Waals surface area contributed by atoms with E-state index >= 15 is 0 Å². The summed E-state index contributed by atoms with van der Waals surface area (Å²) in [5, 5.41) is 14.7. The fraction of sp³-hybridized carbons (Fsp3) is 0.100. The zero-order valence-corrected chi connectivity index (χ0v) is 18.4. The van der Waals surface area contributed by atoms with E-state index in [4.69, 9.17) is 16.3 Å². The molecule has 0 fully saturated rings. The molecule has 0 saturated carbocycles. The highest BCUT2D eigenvalue weighted by molar-refractivity contribution is 7.98. The SMILES string of the molecule is C=C/C(Cl)=C(\C=C(/C)c1csc(NC(=O)c2ccc3c(c2)NNS3)c1C(=O)O)OC. The molecule has 1 aliphatic heterocycles. The number of hydrogen-bond acceptors (Lipinski definition) is 7. The van der Waals surface area contributed by atoms with Crippen LogP contribution < -0.4 is 15.6 Å². The number of carbonyl (C=O) groups excluding carboxylic acids is 1. The summed E-state index contributed by atoms with van der Waals surface area (Å²) in [6.45, 7) is 5.33. The van der Waals surface area contributed by atoms with Crippen LogP contribution in [0.3, 0.4) is 0 Å². The van der Waals surface area contributed by atoms with Crippen molar-refractivity contribution in [2.75, 3.05) is 17.9 Å². The second-order valence-corrected chi connectivity index (χ2v) is 8.24. The number of anilines is 2. The lowest BCUT2D eigenvalue weighted by molar-refractivity contribution is 0.0698. The predicted octanol–water partition coefficient (Wildman–Crippen LogP) is 5.32. The number of nitrogens with one attached hydrogen (secondary N) is 3. The second-order valence-electron chi connectivity index (χ2n) is 6.10. The lowest BCUT2D eigenvalue weighted by atomic mass is 10.0. The van der Waals surface area contributed by atoms with E-state index in [9.17, 15) is 14.7 Å². The highest BCUT2D eigenvalue weighted by Gasteiger charge is 2.22. The number of hydrazine groups is 1. The zero-order chi connectivity index (χ0) is 21.8. The lowest BCUT2D eigenvalue weighted by Crippen LogP contribution is -2.14. The number of ether oxygens (including phenoxy) is 1. The molecule has 0 aliphatic carbocycles. The molecule has 30 heavy (non-hydrogen) atoms. The van der Waals surface area contributed by atoms with Crippen LogP contribution in [-0.4, -0.2) is 24.1 Å². The number of amides is 1. The molecule has 156 valence electrons. The number of thiophene rings is 1. The summed E-state index contributed by atoms with van der Waals surface area (Å²) in [6, 6.07) is 5.20. The molecule has 1 aromatic carbocycles. The summed E-state index contributed by atoms with van der Waals surface area (Å²) in [7, 11) is 1.46. The van der Waals surface area contributed by atoms with E-state index in [0.717, 1.165) is 21.9 Å². The first-order valence-electron chi connectivity index (χ1n) is 8.58. The van der Waals surface area contributed by atoms with Gasteiger partial charge in [-0.05, 0) is 54.8 Å². The number of carboxylic acids is 1. The maximum atomic E-state index is 12.7. The van der Waals surface area contributed by atoms with Crippen LogP contribution in [0.1, 0.15) is 33.2 Å². The first-order chi connectivity index (χ1) is 14.3. The van der Waals surface area contributed by atoms with Gasteiger partial charge in [0.25, 0.3) is 5.91 Å². The fourth-order valence-corrected chi connectivity index (χ4v) is 4.49. The van der Waals surface area contributed by atoms with Gasteiger partial charge in [0.2, 0.25) is 0 Å². The Bertz CT molecular complexity index is 1090.